The number of amides is 2. The Morgan fingerprint density at radius 1 is 1.04 bits per heavy atom. The van der Waals surface area contributed by atoms with Crippen molar-refractivity contribution in [2.24, 2.45) is 0 Å². The van der Waals surface area contributed by atoms with E-state index in [0.29, 0.717) is 34.6 Å². The van der Waals surface area contributed by atoms with Crippen molar-refractivity contribution in [3.63, 3.8) is 0 Å². The highest BCUT2D eigenvalue weighted by molar-refractivity contribution is 6.05. The molecular weight excluding hydrogens is 334 g/mol. The topological polar surface area (TPSA) is 92.6 Å². The molecule has 3 aromatic rings. The van der Waals surface area contributed by atoms with Gasteiger partial charge in [-0.05, 0) is 43.3 Å². The number of hydrogen-bond donors (Lipinski definition) is 3. The van der Waals surface area contributed by atoms with E-state index < -0.39 is 11.7 Å². The van der Waals surface area contributed by atoms with E-state index in [1.807, 2.05) is 19.1 Å². The molecule has 0 bridgehead atoms. The summed E-state index contributed by atoms with van der Waals surface area (Å²) in [5.74, 6) is 0.681. The minimum atomic E-state index is -0.621. The van der Waals surface area contributed by atoms with Crippen LogP contribution in [0.5, 0.6) is 5.75 Å². The van der Waals surface area contributed by atoms with Crippen LogP contribution in [0.3, 0.4) is 0 Å². The molecule has 1 aromatic heterocycles. The van der Waals surface area contributed by atoms with E-state index >= 15 is 0 Å². The number of carbonyl (C=O) groups excluding carboxylic acids is 1. The summed E-state index contributed by atoms with van der Waals surface area (Å²) >= 11 is 0. The van der Waals surface area contributed by atoms with E-state index in [2.05, 4.69) is 16.0 Å². The molecule has 0 fully saturated rings. The fourth-order valence-corrected chi connectivity index (χ4v) is 2.57. The van der Waals surface area contributed by atoms with Crippen LogP contribution in [-0.2, 0) is 0 Å². The van der Waals surface area contributed by atoms with Crippen molar-refractivity contribution in [3.8, 4) is 5.75 Å². The molecule has 2 amide bonds. The van der Waals surface area contributed by atoms with Gasteiger partial charge in [-0.2, -0.15) is 0 Å². The second-order valence-electron chi connectivity index (χ2n) is 5.47. The molecule has 0 aliphatic rings. The molecular formula is C19H19N3O4. The first-order valence-electron chi connectivity index (χ1n) is 8.14. The second kappa shape index (κ2) is 7.60. The molecule has 26 heavy (non-hydrogen) atoms. The maximum Gasteiger partial charge on any atom is 0.362 e. The molecule has 0 saturated carbocycles. The SMILES string of the molecule is CCNc1c(NC(=O)Nc2ccc(OC)cc2)c(=O)oc2ccccc12. The van der Waals surface area contributed by atoms with Gasteiger partial charge in [0.1, 0.15) is 11.3 Å². The monoisotopic (exact) mass is 353 g/mol. The molecule has 0 saturated heterocycles. The molecule has 0 unspecified atom stereocenters. The number of carbonyl (C=O) groups is 1. The minimum Gasteiger partial charge on any atom is -0.497 e. The van der Waals surface area contributed by atoms with Gasteiger partial charge in [-0.3, -0.25) is 5.32 Å². The number of para-hydroxylation sites is 1. The van der Waals surface area contributed by atoms with Crippen molar-refractivity contribution in [2.75, 3.05) is 29.6 Å². The number of fused-ring (bicyclic) bond motifs is 1. The first-order valence-corrected chi connectivity index (χ1v) is 8.14. The van der Waals surface area contributed by atoms with E-state index in [0.717, 1.165) is 0 Å². The van der Waals surface area contributed by atoms with Gasteiger partial charge in [0, 0.05) is 17.6 Å². The van der Waals surface area contributed by atoms with E-state index in [4.69, 9.17) is 9.15 Å². The van der Waals surface area contributed by atoms with Gasteiger partial charge in [-0.25, -0.2) is 9.59 Å². The number of nitrogens with one attached hydrogen (secondary N) is 3. The summed E-state index contributed by atoms with van der Waals surface area (Å²) < 4.78 is 10.4. The van der Waals surface area contributed by atoms with Crippen LogP contribution in [0, 0.1) is 0 Å². The quantitative estimate of drug-likeness (QED) is 0.605. The van der Waals surface area contributed by atoms with Gasteiger partial charge in [0.05, 0.1) is 12.8 Å². The lowest BCUT2D eigenvalue weighted by molar-refractivity contribution is 0.262. The third-order valence-electron chi connectivity index (χ3n) is 3.75. The van der Waals surface area contributed by atoms with E-state index in [9.17, 15) is 9.59 Å². The first-order chi connectivity index (χ1) is 12.6. The van der Waals surface area contributed by atoms with Crippen molar-refractivity contribution in [1.82, 2.24) is 0 Å². The summed E-state index contributed by atoms with van der Waals surface area (Å²) in [5.41, 5.74) is 0.998. The Labute approximate surface area is 150 Å². The van der Waals surface area contributed by atoms with E-state index in [1.165, 1.54) is 0 Å². The Bertz CT molecular complexity index is 980. The highest BCUT2D eigenvalue weighted by Gasteiger charge is 2.16. The number of ether oxygens (including phenoxy) is 1. The molecule has 0 radical (unpaired) electrons. The third kappa shape index (κ3) is 3.61. The first kappa shape index (κ1) is 17.3. The molecule has 3 rings (SSSR count). The summed E-state index contributed by atoms with van der Waals surface area (Å²) in [6.07, 6.45) is 0. The second-order valence-corrected chi connectivity index (χ2v) is 5.47. The van der Waals surface area contributed by atoms with Crippen LogP contribution in [0.4, 0.5) is 21.9 Å². The predicted molar refractivity (Wildman–Crippen MR) is 102 cm³/mol. The largest absolute Gasteiger partial charge is 0.497 e. The lowest BCUT2D eigenvalue weighted by Crippen LogP contribution is -2.24. The molecule has 0 aliphatic heterocycles. The molecule has 7 nitrogen and oxygen atoms in total. The molecule has 134 valence electrons. The maximum absolute atomic E-state index is 12.3. The normalized spacial score (nSPS) is 10.4. The Morgan fingerprint density at radius 2 is 1.77 bits per heavy atom. The van der Waals surface area contributed by atoms with Gasteiger partial charge < -0.3 is 19.8 Å². The Kier molecular flexibility index (Phi) is 5.07. The highest BCUT2D eigenvalue weighted by atomic mass is 16.5. The molecule has 7 heteroatoms. The third-order valence-corrected chi connectivity index (χ3v) is 3.75. The average molecular weight is 353 g/mol. The summed E-state index contributed by atoms with van der Waals surface area (Å²) in [5, 5.41) is 9.10. The van der Waals surface area contributed by atoms with Gasteiger partial charge in [-0.15, -0.1) is 0 Å². The number of methoxy groups -OCH3 is 1. The number of hydrogen-bond acceptors (Lipinski definition) is 5. The zero-order valence-corrected chi connectivity index (χ0v) is 14.5. The summed E-state index contributed by atoms with van der Waals surface area (Å²) in [6.45, 7) is 2.49. The Morgan fingerprint density at radius 3 is 2.46 bits per heavy atom. The van der Waals surface area contributed by atoms with Crippen molar-refractivity contribution in [2.45, 2.75) is 6.92 Å². The lowest BCUT2D eigenvalue weighted by Gasteiger charge is -2.14. The maximum atomic E-state index is 12.3. The Balaban J connectivity index is 1.89. The number of benzene rings is 2. The van der Waals surface area contributed by atoms with Gasteiger partial charge in [0.25, 0.3) is 0 Å². The highest BCUT2D eigenvalue weighted by Crippen LogP contribution is 2.28. The summed E-state index contributed by atoms with van der Waals surface area (Å²) in [4.78, 5) is 24.7. The molecule has 1 heterocycles. The van der Waals surface area contributed by atoms with Gasteiger partial charge in [0.2, 0.25) is 0 Å². The zero-order valence-electron chi connectivity index (χ0n) is 14.5. The van der Waals surface area contributed by atoms with Crippen LogP contribution in [0.2, 0.25) is 0 Å². The smallest absolute Gasteiger partial charge is 0.362 e. The van der Waals surface area contributed by atoms with Crippen molar-refractivity contribution >= 4 is 34.1 Å². The van der Waals surface area contributed by atoms with Gasteiger partial charge >= 0.3 is 11.7 Å². The number of urea groups is 1. The van der Waals surface area contributed by atoms with Crippen LogP contribution < -0.4 is 26.3 Å². The number of anilines is 3. The van der Waals surface area contributed by atoms with Gasteiger partial charge in [0.15, 0.2) is 5.69 Å². The van der Waals surface area contributed by atoms with Crippen molar-refractivity contribution < 1.29 is 13.9 Å². The van der Waals surface area contributed by atoms with E-state index in [-0.39, 0.29) is 5.69 Å². The number of rotatable bonds is 5. The average Bonchev–Trinajstić information content (AvgIpc) is 2.65. The summed E-state index contributed by atoms with van der Waals surface area (Å²) in [7, 11) is 1.57. The Hall–Kier alpha value is -3.48. The van der Waals surface area contributed by atoms with Crippen molar-refractivity contribution in [3.05, 3.63) is 59.0 Å². The predicted octanol–water partition coefficient (Wildman–Crippen LogP) is 3.88. The molecule has 0 atom stereocenters. The lowest BCUT2D eigenvalue weighted by atomic mass is 10.2. The van der Waals surface area contributed by atoms with Crippen LogP contribution in [-0.4, -0.2) is 19.7 Å². The molecule has 3 N–H and O–H groups in total. The molecule has 0 spiro atoms. The fourth-order valence-electron chi connectivity index (χ4n) is 2.57. The van der Waals surface area contributed by atoms with Crippen LogP contribution in [0.1, 0.15) is 6.92 Å². The van der Waals surface area contributed by atoms with E-state index in [1.54, 1.807) is 43.5 Å². The zero-order chi connectivity index (χ0) is 18.5. The standard InChI is InChI=1S/C19H19N3O4/c1-3-20-16-14-6-4-5-7-15(14)26-18(23)17(16)22-19(24)21-12-8-10-13(25-2)11-9-12/h4-11,20H,3H2,1-2H3,(H2,21,22,24). The summed E-state index contributed by atoms with van der Waals surface area (Å²) in [6, 6.07) is 13.5. The minimum absolute atomic E-state index is 0.0663. The van der Waals surface area contributed by atoms with Crippen LogP contribution in [0.25, 0.3) is 11.0 Å². The fraction of sp³-hybridized carbons (Fsp3) is 0.158. The van der Waals surface area contributed by atoms with Crippen LogP contribution in [0.15, 0.2) is 57.7 Å². The molecule has 2 aromatic carbocycles. The van der Waals surface area contributed by atoms with Gasteiger partial charge in [-0.1, -0.05) is 12.1 Å². The van der Waals surface area contributed by atoms with Crippen molar-refractivity contribution in [1.29, 1.82) is 0 Å². The van der Waals surface area contributed by atoms with Crippen LogP contribution >= 0.6 is 0 Å². The molecule has 0 aliphatic carbocycles.